The first kappa shape index (κ1) is 13.4. The van der Waals surface area contributed by atoms with Crippen molar-refractivity contribution >= 4 is 27.7 Å². The molecule has 1 fully saturated rings. The van der Waals surface area contributed by atoms with Crippen LogP contribution in [-0.4, -0.2) is 11.3 Å². The molecule has 0 bridgehead atoms. The molecule has 3 heteroatoms. The van der Waals surface area contributed by atoms with Gasteiger partial charge in [0.05, 0.1) is 0 Å². The van der Waals surface area contributed by atoms with Crippen molar-refractivity contribution in [2.24, 2.45) is 11.7 Å². The molecule has 0 heterocycles. The lowest BCUT2D eigenvalue weighted by molar-refractivity contribution is 0.323. The van der Waals surface area contributed by atoms with Crippen molar-refractivity contribution < 1.29 is 0 Å². The first-order chi connectivity index (χ1) is 8.13. The van der Waals surface area contributed by atoms with Crippen molar-refractivity contribution in [3.63, 3.8) is 0 Å². The van der Waals surface area contributed by atoms with E-state index in [1.54, 1.807) is 0 Å². The van der Waals surface area contributed by atoms with Crippen LogP contribution in [0.3, 0.4) is 0 Å². The first-order valence-corrected chi connectivity index (χ1v) is 7.89. The van der Waals surface area contributed by atoms with Crippen LogP contribution >= 0.6 is 27.7 Å². The van der Waals surface area contributed by atoms with E-state index in [1.807, 2.05) is 11.8 Å². The fourth-order valence-corrected chi connectivity index (χ4v) is 4.32. The molecule has 0 unspecified atom stereocenters. The van der Waals surface area contributed by atoms with Gasteiger partial charge in [0.2, 0.25) is 0 Å². The minimum atomic E-state index is 0.271. The quantitative estimate of drug-likeness (QED) is 0.892. The molecular formula is C14H20BrNS. The lowest BCUT2D eigenvalue weighted by Crippen LogP contribution is -2.37. The number of hydrogen-bond acceptors (Lipinski definition) is 2. The second kappa shape index (κ2) is 5.77. The molecule has 0 atom stereocenters. The third-order valence-corrected chi connectivity index (χ3v) is 5.68. The van der Waals surface area contributed by atoms with E-state index in [0.29, 0.717) is 0 Å². The molecule has 0 aromatic heterocycles. The summed E-state index contributed by atoms with van der Waals surface area (Å²) in [5.74, 6) is 0.873. The minimum absolute atomic E-state index is 0.271. The molecule has 0 spiro atoms. The van der Waals surface area contributed by atoms with Crippen molar-refractivity contribution in [3.8, 4) is 0 Å². The Morgan fingerprint density at radius 3 is 2.71 bits per heavy atom. The molecule has 0 aliphatic heterocycles. The van der Waals surface area contributed by atoms with Crippen LogP contribution in [0.4, 0.5) is 0 Å². The predicted molar refractivity (Wildman–Crippen MR) is 79.4 cm³/mol. The van der Waals surface area contributed by atoms with Crippen molar-refractivity contribution in [3.05, 3.63) is 28.7 Å². The average molecular weight is 314 g/mol. The van der Waals surface area contributed by atoms with E-state index in [9.17, 15) is 0 Å². The van der Waals surface area contributed by atoms with Gasteiger partial charge < -0.3 is 5.73 Å². The summed E-state index contributed by atoms with van der Waals surface area (Å²) in [7, 11) is 0. The molecule has 0 radical (unpaired) electrons. The largest absolute Gasteiger partial charge is 0.329 e. The summed E-state index contributed by atoms with van der Waals surface area (Å²) in [6.07, 6.45) is 5.14. The van der Waals surface area contributed by atoms with Gasteiger partial charge in [0.15, 0.2) is 0 Å². The van der Waals surface area contributed by atoms with Crippen molar-refractivity contribution in [1.82, 2.24) is 0 Å². The van der Waals surface area contributed by atoms with E-state index < -0.39 is 0 Å². The second-order valence-corrected chi connectivity index (χ2v) is 7.59. The van der Waals surface area contributed by atoms with Crippen molar-refractivity contribution in [2.75, 3.05) is 6.54 Å². The van der Waals surface area contributed by atoms with Crippen LogP contribution in [0.1, 0.15) is 32.6 Å². The monoisotopic (exact) mass is 313 g/mol. The predicted octanol–water partition coefficient (Wildman–Crippen LogP) is 4.45. The highest BCUT2D eigenvalue weighted by molar-refractivity contribution is 9.10. The van der Waals surface area contributed by atoms with Crippen LogP contribution in [0.5, 0.6) is 0 Å². The van der Waals surface area contributed by atoms with Gasteiger partial charge in [-0.1, -0.05) is 28.9 Å². The molecule has 1 aromatic carbocycles. The van der Waals surface area contributed by atoms with E-state index in [2.05, 4.69) is 47.1 Å². The molecule has 1 aliphatic rings. The zero-order valence-corrected chi connectivity index (χ0v) is 12.7. The number of hydrogen-bond donors (Lipinski definition) is 1. The molecule has 94 valence electrons. The maximum Gasteiger partial charge on any atom is 0.0329 e. The highest BCUT2D eigenvalue weighted by Crippen LogP contribution is 2.44. The molecule has 1 nitrogen and oxygen atoms in total. The molecular weight excluding hydrogens is 294 g/mol. The number of benzene rings is 1. The fraction of sp³-hybridized carbons (Fsp3) is 0.571. The van der Waals surface area contributed by atoms with Gasteiger partial charge in [-0.2, -0.15) is 0 Å². The Balaban J connectivity index is 2.09. The zero-order valence-electron chi connectivity index (χ0n) is 10.3. The summed E-state index contributed by atoms with van der Waals surface area (Å²) in [4.78, 5) is 1.33. The van der Waals surface area contributed by atoms with E-state index in [1.165, 1.54) is 30.6 Å². The van der Waals surface area contributed by atoms with E-state index in [0.717, 1.165) is 16.9 Å². The summed E-state index contributed by atoms with van der Waals surface area (Å²) >= 11 is 5.50. The van der Waals surface area contributed by atoms with E-state index in [-0.39, 0.29) is 4.75 Å². The van der Waals surface area contributed by atoms with Crippen LogP contribution in [0.2, 0.25) is 0 Å². The minimum Gasteiger partial charge on any atom is -0.329 e. The molecule has 0 amide bonds. The molecule has 0 saturated heterocycles. The molecule has 1 aliphatic carbocycles. The van der Waals surface area contributed by atoms with Gasteiger partial charge in [-0.05, 0) is 49.8 Å². The Kier molecular flexibility index (Phi) is 4.56. The maximum atomic E-state index is 6.04. The van der Waals surface area contributed by atoms with Crippen LogP contribution in [-0.2, 0) is 0 Å². The first-order valence-electron chi connectivity index (χ1n) is 6.28. The van der Waals surface area contributed by atoms with Gasteiger partial charge in [0.1, 0.15) is 0 Å². The smallest absolute Gasteiger partial charge is 0.0329 e. The number of rotatable bonds is 3. The van der Waals surface area contributed by atoms with Gasteiger partial charge in [0, 0.05) is 20.7 Å². The molecule has 17 heavy (non-hydrogen) atoms. The van der Waals surface area contributed by atoms with Crippen LogP contribution in [0.15, 0.2) is 33.6 Å². The maximum absolute atomic E-state index is 6.04. The topological polar surface area (TPSA) is 26.0 Å². The lowest BCUT2D eigenvalue weighted by Gasteiger charge is -2.38. The zero-order chi connectivity index (χ0) is 12.3. The van der Waals surface area contributed by atoms with Crippen LogP contribution in [0, 0.1) is 5.92 Å². The van der Waals surface area contributed by atoms with Gasteiger partial charge in [-0.25, -0.2) is 0 Å². The Labute approximate surface area is 117 Å². The third kappa shape index (κ3) is 3.49. The summed E-state index contributed by atoms with van der Waals surface area (Å²) in [6, 6.07) is 8.55. The Morgan fingerprint density at radius 2 is 2.12 bits per heavy atom. The Bertz CT molecular complexity index is 372. The van der Waals surface area contributed by atoms with Gasteiger partial charge >= 0.3 is 0 Å². The highest BCUT2D eigenvalue weighted by atomic mass is 79.9. The van der Waals surface area contributed by atoms with Gasteiger partial charge in [0.25, 0.3) is 0 Å². The molecule has 1 saturated carbocycles. The van der Waals surface area contributed by atoms with Crippen LogP contribution < -0.4 is 5.73 Å². The average Bonchev–Trinajstić information content (AvgIpc) is 2.33. The van der Waals surface area contributed by atoms with Gasteiger partial charge in [-0.3, -0.25) is 0 Å². The normalized spacial score (nSPS) is 29.2. The van der Waals surface area contributed by atoms with Gasteiger partial charge in [-0.15, -0.1) is 11.8 Å². The second-order valence-electron chi connectivity index (χ2n) is 5.13. The summed E-state index contributed by atoms with van der Waals surface area (Å²) in [5.41, 5.74) is 6.04. The summed E-state index contributed by atoms with van der Waals surface area (Å²) in [5, 5.41) is 0. The van der Waals surface area contributed by atoms with Crippen molar-refractivity contribution in [2.45, 2.75) is 42.2 Å². The Morgan fingerprint density at radius 1 is 1.41 bits per heavy atom. The van der Waals surface area contributed by atoms with Crippen molar-refractivity contribution in [1.29, 1.82) is 0 Å². The standard InChI is InChI=1S/C14H20BrNS/c1-11-5-7-14(10-16,8-6-11)17-13-4-2-3-12(15)9-13/h2-4,9,11H,5-8,10,16H2,1H3. The Hall–Kier alpha value is 0.01000. The van der Waals surface area contributed by atoms with Crippen LogP contribution in [0.25, 0.3) is 0 Å². The molecule has 2 rings (SSSR count). The number of nitrogens with two attached hydrogens (primary N) is 1. The summed E-state index contributed by atoms with van der Waals surface area (Å²) in [6.45, 7) is 3.14. The van der Waals surface area contributed by atoms with E-state index >= 15 is 0 Å². The highest BCUT2D eigenvalue weighted by Gasteiger charge is 2.33. The fourth-order valence-electron chi connectivity index (χ4n) is 2.42. The molecule has 1 aromatic rings. The summed E-state index contributed by atoms with van der Waals surface area (Å²) < 4.78 is 1.42. The number of halogens is 1. The third-order valence-electron chi connectivity index (χ3n) is 3.69. The SMILES string of the molecule is CC1CCC(CN)(Sc2cccc(Br)c2)CC1. The van der Waals surface area contributed by atoms with E-state index in [4.69, 9.17) is 5.73 Å². The molecule has 2 N–H and O–H groups in total. The number of thioether (sulfide) groups is 1. The lowest BCUT2D eigenvalue weighted by atomic mass is 9.82.